The average molecular weight is 325 g/mol. The van der Waals surface area contributed by atoms with E-state index in [1.807, 2.05) is 5.92 Å². The summed E-state index contributed by atoms with van der Waals surface area (Å²) < 4.78 is 20.3. The third-order valence-electron chi connectivity index (χ3n) is 3.66. The molecule has 0 aliphatic carbocycles. The number of hydrogen-bond acceptors (Lipinski definition) is 8. The Morgan fingerprint density at radius 2 is 2.35 bits per heavy atom. The first-order valence-electron chi connectivity index (χ1n) is 6.35. The lowest BCUT2D eigenvalue weighted by Crippen LogP contribution is -2.49. The maximum Gasteiger partial charge on any atom is 0.280 e. The highest BCUT2D eigenvalue weighted by molar-refractivity contribution is 5.70. The molecule has 6 N–H and O–H groups in total. The number of aromatic amines is 1. The van der Waals surface area contributed by atoms with Crippen LogP contribution in [0.2, 0.25) is 0 Å². The Hall–Kier alpha value is -2.52. The molecule has 3 heterocycles. The first-order chi connectivity index (χ1) is 10.8. The first-order valence-corrected chi connectivity index (χ1v) is 6.35. The quantitative estimate of drug-likeness (QED) is 0.382. The number of fused-ring (bicyclic) bond motifs is 1. The molecule has 0 spiro atoms. The summed E-state index contributed by atoms with van der Waals surface area (Å²) in [5.41, 5.74) is 1.95. The molecule has 1 saturated heterocycles. The number of nitrogens with two attached hydrogens (primary N) is 1. The van der Waals surface area contributed by atoms with Crippen molar-refractivity contribution in [3.63, 3.8) is 0 Å². The second kappa shape index (κ2) is 4.74. The Balaban J connectivity index is 2.22. The topological polar surface area (TPSA) is 160 Å². The molecule has 0 saturated carbocycles. The number of terminal acetylenes is 1. The Kier molecular flexibility index (Phi) is 3.17. The molecular weight excluding hydrogens is 313 g/mol. The molecule has 0 radical (unpaired) electrons. The van der Waals surface area contributed by atoms with Crippen LogP contribution in [0.25, 0.3) is 11.2 Å². The van der Waals surface area contributed by atoms with E-state index in [0.29, 0.717) is 0 Å². The Bertz CT molecular complexity index is 875. The van der Waals surface area contributed by atoms with Crippen LogP contribution in [0.5, 0.6) is 0 Å². The fraction of sp³-hybridized carbons (Fsp3) is 0.417. The lowest BCUT2D eigenvalue weighted by Gasteiger charge is -2.26. The smallest absolute Gasteiger partial charge is 0.280 e. The normalized spacial score (nSPS) is 33.9. The molecule has 4 atom stereocenters. The Morgan fingerprint density at radius 3 is 2.96 bits per heavy atom. The molecule has 10 nitrogen and oxygen atoms in total. The number of nitrogens with zero attached hydrogens (tertiary/aromatic N) is 3. The number of aliphatic hydroxyl groups excluding tert-OH is 2. The minimum atomic E-state index is -3.00. The van der Waals surface area contributed by atoms with Crippen LogP contribution in [-0.2, 0) is 4.74 Å². The predicted molar refractivity (Wildman–Crippen MR) is 73.4 cm³/mol. The lowest BCUT2D eigenvalue weighted by molar-refractivity contribution is -0.206. The van der Waals surface area contributed by atoms with Gasteiger partial charge in [-0.3, -0.25) is 14.3 Å². The van der Waals surface area contributed by atoms with Gasteiger partial charge in [-0.05, 0) is 0 Å². The molecule has 1 aliphatic rings. The summed E-state index contributed by atoms with van der Waals surface area (Å²) in [5, 5.41) is 29.4. The number of ether oxygens (including phenoxy) is 1. The molecule has 122 valence electrons. The number of nitrogens with one attached hydrogen (secondary N) is 1. The van der Waals surface area contributed by atoms with E-state index in [9.17, 15) is 19.4 Å². The zero-order chi connectivity index (χ0) is 17.0. The van der Waals surface area contributed by atoms with E-state index >= 15 is 0 Å². The molecule has 2 aromatic heterocycles. The third kappa shape index (κ3) is 1.93. The molecule has 1 aliphatic heterocycles. The number of anilines is 1. The SMILES string of the molecule is C#CC1(O)C(n2cnc3c(=O)[nH]c(N)nc32)OC(F)(CO)C1O. The number of rotatable bonds is 2. The van der Waals surface area contributed by atoms with Crippen molar-refractivity contribution in [3.8, 4) is 12.3 Å². The fourth-order valence-corrected chi connectivity index (χ4v) is 2.46. The zero-order valence-electron chi connectivity index (χ0n) is 11.5. The second-order valence-corrected chi connectivity index (χ2v) is 5.06. The third-order valence-corrected chi connectivity index (χ3v) is 3.66. The number of aromatic nitrogens is 4. The van der Waals surface area contributed by atoms with Gasteiger partial charge in [0, 0.05) is 0 Å². The minimum absolute atomic E-state index is 0.140. The van der Waals surface area contributed by atoms with Gasteiger partial charge in [0.1, 0.15) is 6.61 Å². The van der Waals surface area contributed by atoms with Crippen molar-refractivity contribution in [2.75, 3.05) is 12.3 Å². The van der Waals surface area contributed by atoms with Gasteiger partial charge in [0.05, 0.1) is 6.33 Å². The van der Waals surface area contributed by atoms with Crippen molar-refractivity contribution in [2.24, 2.45) is 0 Å². The van der Waals surface area contributed by atoms with Gasteiger partial charge >= 0.3 is 0 Å². The van der Waals surface area contributed by atoms with Gasteiger partial charge in [-0.2, -0.15) is 4.98 Å². The summed E-state index contributed by atoms with van der Waals surface area (Å²) in [6, 6.07) is 0. The van der Waals surface area contributed by atoms with Crippen LogP contribution in [0.4, 0.5) is 10.3 Å². The molecule has 11 heteroatoms. The number of halogens is 1. The average Bonchev–Trinajstić information content (AvgIpc) is 3.01. The highest BCUT2D eigenvalue weighted by Crippen LogP contribution is 2.45. The van der Waals surface area contributed by atoms with Gasteiger partial charge in [-0.15, -0.1) is 6.42 Å². The standard InChI is InChI=1S/C12H12FN5O5/c1-2-11(22)8(21)12(13,3-19)23-9(11)18-4-15-5-6(18)16-10(14)17-7(5)20/h1,4,8-9,19,21-22H,3H2,(H3,14,16,17,20). The van der Waals surface area contributed by atoms with Crippen LogP contribution >= 0.6 is 0 Å². The number of imidazole rings is 1. The number of aliphatic hydroxyl groups is 3. The van der Waals surface area contributed by atoms with Crippen molar-refractivity contribution in [1.29, 1.82) is 0 Å². The van der Waals surface area contributed by atoms with E-state index in [1.165, 1.54) is 0 Å². The number of nitrogen functional groups attached to an aromatic ring is 1. The summed E-state index contributed by atoms with van der Waals surface area (Å²) in [7, 11) is 0. The number of H-pyrrole nitrogens is 1. The summed E-state index contributed by atoms with van der Waals surface area (Å²) in [4.78, 5) is 21.6. The molecule has 23 heavy (non-hydrogen) atoms. The van der Waals surface area contributed by atoms with Crippen molar-refractivity contribution >= 4 is 17.1 Å². The van der Waals surface area contributed by atoms with Crippen LogP contribution in [-0.4, -0.2) is 59.0 Å². The molecule has 3 rings (SSSR count). The summed E-state index contributed by atoms with van der Waals surface area (Å²) in [6.07, 6.45) is 2.28. The zero-order valence-corrected chi connectivity index (χ0v) is 11.5. The number of hydrogen-bond donors (Lipinski definition) is 5. The summed E-state index contributed by atoms with van der Waals surface area (Å²) >= 11 is 0. The van der Waals surface area contributed by atoms with Gasteiger partial charge in [-0.1, -0.05) is 5.92 Å². The van der Waals surface area contributed by atoms with E-state index in [4.69, 9.17) is 22.0 Å². The van der Waals surface area contributed by atoms with E-state index in [0.717, 1.165) is 10.9 Å². The molecule has 1 fully saturated rings. The summed E-state index contributed by atoms with van der Waals surface area (Å²) in [5.74, 6) is -1.41. The van der Waals surface area contributed by atoms with Crippen LogP contribution in [0.1, 0.15) is 6.23 Å². The highest BCUT2D eigenvalue weighted by Gasteiger charge is 2.64. The first kappa shape index (κ1) is 15.4. The van der Waals surface area contributed by atoms with Crippen LogP contribution in [0.3, 0.4) is 0 Å². The maximum atomic E-state index is 14.4. The lowest BCUT2D eigenvalue weighted by atomic mass is 9.94. The summed E-state index contributed by atoms with van der Waals surface area (Å²) in [6.45, 7) is -1.25. The number of alkyl halides is 1. The van der Waals surface area contributed by atoms with E-state index in [2.05, 4.69) is 15.0 Å². The van der Waals surface area contributed by atoms with E-state index < -0.39 is 36.0 Å². The monoisotopic (exact) mass is 325 g/mol. The van der Waals surface area contributed by atoms with Crippen molar-refractivity contribution in [2.45, 2.75) is 23.8 Å². The van der Waals surface area contributed by atoms with Gasteiger partial charge in [0.15, 0.2) is 23.5 Å². The highest BCUT2D eigenvalue weighted by atomic mass is 19.2. The molecule has 0 amide bonds. The minimum Gasteiger partial charge on any atom is -0.390 e. The van der Waals surface area contributed by atoms with Crippen molar-refractivity contribution < 1.29 is 24.4 Å². The second-order valence-electron chi connectivity index (χ2n) is 5.06. The van der Waals surface area contributed by atoms with Crippen molar-refractivity contribution in [1.82, 2.24) is 19.5 Å². The molecule has 0 bridgehead atoms. The van der Waals surface area contributed by atoms with Crippen LogP contribution < -0.4 is 11.3 Å². The molecular formula is C12H12FN5O5. The molecule has 4 unspecified atom stereocenters. The van der Waals surface area contributed by atoms with Gasteiger partial charge in [-0.25, -0.2) is 9.37 Å². The Labute approximate surface area is 127 Å². The van der Waals surface area contributed by atoms with Gasteiger partial charge < -0.3 is 25.8 Å². The van der Waals surface area contributed by atoms with Gasteiger partial charge in [0.25, 0.3) is 11.4 Å². The molecule has 2 aromatic rings. The fourth-order valence-electron chi connectivity index (χ4n) is 2.46. The van der Waals surface area contributed by atoms with Crippen LogP contribution in [0, 0.1) is 12.3 Å². The Morgan fingerprint density at radius 1 is 1.65 bits per heavy atom. The van der Waals surface area contributed by atoms with E-state index in [-0.39, 0.29) is 17.1 Å². The van der Waals surface area contributed by atoms with Crippen LogP contribution in [0.15, 0.2) is 11.1 Å². The maximum absolute atomic E-state index is 14.4. The molecule has 0 aromatic carbocycles. The largest absolute Gasteiger partial charge is 0.390 e. The van der Waals surface area contributed by atoms with Gasteiger partial charge in [0.2, 0.25) is 11.5 Å². The van der Waals surface area contributed by atoms with Crippen molar-refractivity contribution in [3.05, 3.63) is 16.7 Å². The van der Waals surface area contributed by atoms with E-state index in [1.54, 1.807) is 0 Å². The predicted octanol–water partition coefficient (Wildman–Crippen LogP) is -2.39.